The molecule has 0 aliphatic rings. The number of carboxylic acid groups (broad SMARTS) is 1. The SMILES string of the molecule is COc1cccc(C=NNc2c(Cl)c(Cl)nc(C(=O)O)c2Cl)c1. The average Bonchev–Trinajstić information content (AvgIpc) is 2.54. The first kappa shape index (κ1) is 17.3. The second-order valence-electron chi connectivity index (χ2n) is 4.21. The highest BCUT2D eigenvalue weighted by atomic mass is 35.5. The molecule has 0 fully saturated rings. The van der Waals surface area contributed by atoms with Crippen molar-refractivity contribution in [1.29, 1.82) is 0 Å². The fourth-order valence-corrected chi connectivity index (χ4v) is 2.31. The third-order valence-corrected chi connectivity index (χ3v) is 3.83. The number of nitrogens with one attached hydrogen (secondary N) is 1. The van der Waals surface area contributed by atoms with Gasteiger partial charge in [0.25, 0.3) is 0 Å². The van der Waals surface area contributed by atoms with Gasteiger partial charge in [0.1, 0.15) is 15.8 Å². The number of carbonyl (C=O) groups is 1. The molecule has 0 aliphatic carbocycles. The molecule has 1 aromatic heterocycles. The van der Waals surface area contributed by atoms with Crippen LogP contribution in [0.2, 0.25) is 15.2 Å². The molecule has 1 aromatic carbocycles. The van der Waals surface area contributed by atoms with Gasteiger partial charge in [0.05, 0.1) is 19.0 Å². The molecule has 2 N–H and O–H groups in total. The Morgan fingerprint density at radius 3 is 2.74 bits per heavy atom. The zero-order valence-electron chi connectivity index (χ0n) is 11.7. The van der Waals surface area contributed by atoms with Crippen LogP contribution in [0.3, 0.4) is 0 Å². The van der Waals surface area contributed by atoms with E-state index in [2.05, 4.69) is 15.5 Å². The molecule has 0 aliphatic heterocycles. The molecule has 0 saturated carbocycles. The maximum absolute atomic E-state index is 11.1. The molecule has 1 heterocycles. The van der Waals surface area contributed by atoms with Crippen molar-refractivity contribution in [3.05, 3.63) is 50.7 Å². The highest BCUT2D eigenvalue weighted by molar-refractivity contribution is 6.46. The number of hydrazone groups is 1. The van der Waals surface area contributed by atoms with Gasteiger partial charge in [-0.3, -0.25) is 5.43 Å². The summed E-state index contributed by atoms with van der Waals surface area (Å²) in [7, 11) is 1.56. The normalized spacial score (nSPS) is 10.8. The second-order valence-corrected chi connectivity index (χ2v) is 5.32. The number of ether oxygens (including phenoxy) is 1. The Morgan fingerprint density at radius 1 is 1.35 bits per heavy atom. The van der Waals surface area contributed by atoms with Crippen molar-refractivity contribution in [1.82, 2.24) is 4.98 Å². The van der Waals surface area contributed by atoms with Gasteiger partial charge < -0.3 is 9.84 Å². The largest absolute Gasteiger partial charge is 0.497 e. The van der Waals surface area contributed by atoms with Crippen molar-refractivity contribution in [2.75, 3.05) is 12.5 Å². The number of pyridine rings is 1. The summed E-state index contributed by atoms with van der Waals surface area (Å²) >= 11 is 17.7. The summed E-state index contributed by atoms with van der Waals surface area (Å²) in [5.41, 5.74) is 2.98. The smallest absolute Gasteiger partial charge is 0.356 e. The van der Waals surface area contributed by atoms with Crippen molar-refractivity contribution < 1.29 is 14.6 Å². The van der Waals surface area contributed by atoms with E-state index in [0.717, 1.165) is 5.56 Å². The molecule has 9 heteroatoms. The molecular weight excluding hydrogens is 365 g/mol. The maximum Gasteiger partial charge on any atom is 0.356 e. The molecule has 0 radical (unpaired) electrons. The lowest BCUT2D eigenvalue weighted by Gasteiger charge is -2.09. The molecule has 0 spiro atoms. The number of benzene rings is 1. The zero-order chi connectivity index (χ0) is 17.0. The van der Waals surface area contributed by atoms with Crippen LogP contribution in [0.5, 0.6) is 5.75 Å². The monoisotopic (exact) mass is 373 g/mol. The van der Waals surface area contributed by atoms with E-state index in [4.69, 9.17) is 44.6 Å². The summed E-state index contributed by atoms with van der Waals surface area (Å²) in [5, 5.41) is 12.6. The summed E-state index contributed by atoms with van der Waals surface area (Å²) in [6.07, 6.45) is 1.49. The Bertz CT molecular complexity index is 781. The average molecular weight is 375 g/mol. The van der Waals surface area contributed by atoms with E-state index >= 15 is 0 Å². The topological polar surface area (TPSA) is 83.8 Å². The Hall–Kier alpha value is -2.02. The lowest BCUT2D eigenvalue weighted by atomic mass is 10.2. The highest BCUT2D eigenvalue weighted by Crippen LogP contribution is 2.36. The van der Waals surface area contributed by atoms with Crippen molar-refractivity contribution in [3.8, 4) is 5.75 Å². The number of aromatic nitrogens is 1. The Labute approximate surface area is 146 Å². The number of methoxy groups -OCH3 is 1. The number of rotatable bonds is 5. The molecule has 2 aromatic rings. The number of aromatic carboxylic acids is 1. The third kappa shape index (κ3) is 4.04. The first-order chi connectivity index (χ1) is 10.9. The van der Waals surface area contributed by atoms with Crippen molar-refractivity contribution in [3.63, 3.8) is 0 Å². The number of carboxylic acids is 1. The third-order valence-electron chi connectivity index (χ3n) is 2.72. The minimum absolute atomic E-state index is 0.0236. The quantitative estimate of drug-likeness (QED) is 0.465. The van der Waals surface area contributed by atoms with E-state index in [0.29, 0.717) is 5.75 Å². The van der Waals surface area contributed by atoms with Gasteiger partial charge in [-0.1, -0.05) is 46.9 Å². The minimum atomic E-state index is -1.33. The summed E-state index contributed by atoms with van der Waals surface area (Å²) < 4.78 is 5.10. The van der Waals surface area contributed by atoms with Crippen LogP contribution in [0, 0.1) is 0 Å². The predicted octanol–water partition coefficient (Wildman–Crippen LogP) is 4.19. The van der Waals surface area contributed by atoms with E-state index in [1.54, 1.807) is 31.4 Å². The van der Waals surface area contributed by atoms with Crippen molar-refractivity contribution in [2.45, 2.75) is 0 Å². The van der Waals surface area contributed by atoms with E-state index in [1.807, 2.05) is 0 Å². The van der Waals surface area contributed by atoms with Crippen LogP contribution in [0.1, 0.15) is 16.1 Å². The number of hydrogen-bond acceptors (Lipinski definition) is 5. The second kappa shape index (κ2) is 7.50. The molecule has 23 heavy (non-hydrogen) atoms. The van der Waals surface area contributed by atoms with E-state index < -0.39 is 11.7 Å². The zero-order valence-corrected chi connectivity index (χ0v) is 13.9. The maximum atomic E-state index is 11.1. The van der Waals surface area contributed by atoms with Gasteiger partial charge in [-0.05, 0) is 17.7 Å². The van der Waals surface area contributed by atoms with Crippen molar-refractivity contribution >= 4 is 52.7 Å². The van der Waals surface area contributed by atoms with Gasteiger partial charge in [0.2, 0.25) is 0 Å². The lowest BCUT2D eigenvalue weighted by Crippen LogP contribution is -2.05. The van der Waals surface area contributed by atoms with E-state index in [-0.39, 0.29) is 20.9 Å². The van der Waals surface area contributed by atoms with Crippen LogP contribution < -0.4 is 10.2 Å². The molecule has 0 bridgehead atoms. The van der Waals surface area contributed by atoms with Gasteiger partial charge in [0, 0.05) is 0 Å². The Kier molecular flexibility index (Phi) is 5.65. The lowest BCUT2D eigenvalue weighted by molar-refractivity contribution is 0.0691. The van der Waals surface area contributed by atoms with Crippen LogP contribution in [0.4, 0.5) is 5.69 Å². The first-order valence-electron chi connectivity index (χ1n) is 6.15. The number of nitrogens with zero attached hydrogens (tertiary/aromatic N) is 2. The highest BCUT2D eigenvalue weighted by Gasteiger charge is 2.20. The predicted molar refractivity (Wildman–Crippen MR) is 90.4 cm³/mol. The minimum Gasteiger partial charge on any atom is -0.497 e. The summed E-state index contributed by atoms with van der Waals surface area (Å²) in [6.45, 7) is 0. The molecule has 0 saturated heterocycles. The van der Waals surface area contributed by atoms with Gasteiger partial charge in [-0.15, -0.1) is 0 Å². The molecule has 0 unspecified atom stereocenters. The molecule has 2 rings (SSSR count). The number of anilines is 1. The van der Waals surface area contributed by atoms with E-state index in [1.165, 1.54) is 6.21 Å². The van der Waals surface area contributed by atoms with Gasteiger partial charge in [-0.25, -0.2) is 9.78 Å². The Morgan fingerprint density at radius 2 is 2.09 bits per heavy atom. The van der Waals surface area contributed by atoms with Gasteiger partial charge in [-0.2, -0.15) is 5.10 Å². The molecule has 120 valence electrons. The van der Waals surface area contributed by atoms with Crippen LogP contribution in [-0.4, -0.2) is 29.4 Å². The summed E-state index contributed by atoms with van der Waals surface area (Å²) in [4.78, 5) is 14.7. The fraction of sp³-hybridized carbons (Fsp3) is 0.0714. The van der Waals surface area contributed by atoms with Crippen LogP contribution in [0.15, 0.2) is 29.4 Å². The van der Waals surface area contributed by atoms with Gasteiger partial charge >= 0.3 is 5.97 Å². The first-order valence-corrected chi connectivity index (χ1v) is 7.28. The molecule has 6 nitrogen and oxygen atoms in total. The Balaban J connectivity index is 2.29. The van der Waals surface area contributed by atoms with Crippen molar-refractivity contribution in [2.24, 2.45) is 5.10 Å². The molecular formula is C14H10Cl3N3O3. The summed E-state index contributed by atoms with van der Waals surface area (Å²) in [5.74, 6) is -0.654. The van der Waals surface area contributed by atoms with Crippen LogP contribution >= 0.6 is 34.8 Å². The summed E-state index contributed by atoms with van der Waals surface area (Å²) in [6, 6.07) is 7.15. The van der Waals surface area contributed by atoms with Crippen LogP contribution in [-0.2, 0) is 0 Å². The van der Waals surface area contributed by atoms with E-state index in [9.17, 15) is 4.79 Å². The van der Waals surface area contributed by atoms with Crippen LogP contribution in [0.25, 0.3) is 0 Å². The fourth-order valence-electron chi connectivity index (χ4n) is 1.65. The molecule has 0 atom stereocenters. The van der Waals surface area contributed by atoms with Gasteiger partial charge in [0.15, 0.2) is 10.8 Å². The molecule has 0 amide bonds. The standard InChI is InChI=1S/C14H10Cl3N3O3/c1-23-8-4-2-3-7(5-8)6-18-20-11-9(15)12(14(21)22)19-13(17)10(11)16/h2-6H,1H3,(H,19,20)(H,21,22). The number of hydrogen-bond donors (Lipinski definition) is 2. The number of halogens is 3.